The molecule has 1 saturated carbocycles. The minimum absolute atomic E-state index is 0.0285. The van der Waals surface area contributed by atoms with Gasteiger partial charge in [-0.15, -0.1) is 0 Å². The summed E-state index contributed by atoms with van der Waals surface area (Å²) in [7, 11) is 0. The molecule has 136 valence electrons. The van der Waals surface area contributed by atoms with Gasteiger partial charge in [0.2, 0.25) is 11.8 Å². The first-order valence-electron chi connectivity index (χ1n) is 9.38. The SMILES string of the molecule is O=C(CCc1ccccc1)N1CCN(C(=O)CC2(O)CCCC2)CC1. The Morgan fingerprint density at radius 1 is 0.920 bits per heavy atom. The van der Waals surface area contributed by atoms with Crippen LogP contribution in [0.15, 0.2) is 30.3 Å². The first-order chi connectivity index (χ1) is 12.1. The highest BCUT2D eigenvalue weighted by Crippen LogP contribution is 2.32. The van der Waals surface area contributed by atoms with Crippen LogP contribution in [0, 0.1) is 0 Å². The van der Waals surface area contributed by atoms with Crippen LogP contribution in [0.4, 0.5) is 0 Å². The monoisotopic (exact) mass is 344 g/mol. The van der Waals surface area contributed by atoms with Gasteiger partial charge in [0.05, 0.1) is 12.0 Å². The molecule has 0 radical (unpaired) electrons. The van der Waals surface area contributed by atoms with Crippen LogP contribution in [0.1, 0.15) is 44.1 Å². The van der Waals surface area contributed by atoms with E-state index in [1.165, 1.54) is 5.56 Å². The molecule has 0 bridgehead atoms. The Bertz CT molecular complexity index is 588. The van der Waals surface area contributed by atoms with Gasteiger partial charge in [-0.2, -0.15) is 0 Å². The van der Waals surface area contributed by atoms with E-state index in [1.54, 1.807) is 4.90 Å². The molecule has 2 amide bonds. The molecule has 1 saturated heterocycles. The van der Waals surface area contributed by atoms with Crippen molar-refractivity contribution in [2.75, 3.05) is 26.2 Å². The highest BCUT2D eigenvalue weighted by molar-refractivity contribution is 5.79. The molecule has 0 unspecified atom stereocenters. The zero-order valence-electron chi connectivity index (χ0n) is 14.8. The molecule has 2 aliphatic rings. The van der Waals surface area contributed by atoms with Crippen molar-refractivity contribution in [3.63, 3.8) is 0 Å². The Balaban J connectivity index is 1.42. The molecule has 2 fully saturated rings. The van der Waals surface area contributed by atoms with E-state index in [4.69, 9.17) is 0 Å². The fourth-order valence-electron chi connectivity index (χ4n) is 3.86. The number of hydrogen-bond acceptors (Lipinski definition) is 3. The van der Waals surface area contributed by atoms with E-state index >= 15 is 0 Å². The van der Waals surface area contributed by atoms with Crippen LogP contribution in [0.25, 0.3) is 0 Å². The third-order valence-corrected chi connectivity index (χ3v) is 5.47. The summed E-state index contributed by atoms with van der Waals surface area (Å²) in [5, 5.41) is 10.4. The van der Waals surface area contributed by atoms with Gasteiger partial charge in [-0.3, -0.25) is 9.59 Å². The van der Waals surface area contributed by atoms with Crippen molar-refractivity contribution in [3.8, 4) is 0 Å². The molecule has 1 aliphatic carbocycles. The summed E-state index contributed by atoms with van der Waals surface area (Å²) in [5.74, 6) is 0.186. The largest absolute Gasteiger partial charge is 0.389 e. The average molecular weight is 344 g/mol. The lowest BCUT2D eigenvalue weighted by Gasteiger charge is -2.36. The third kappa shape index (κ3) is 4.82. The summed E-state index contributed by atoms with van der Waals surface area (Å²) in [6.07, 6.45) is 4.98. The smallest absolute Gasteiger partial charge is 0.225 e. The van der Waals surface area contributed by atoms with E-state index in [-0.39, 0.29) is 18.2 Å². The van der Waals surface area contributed by atoms with E-state index in [9.17, 15) is 14.7 Å². The lowest BCUT2D eigenvalue weighted by molar-refractivity contribution is -0.142. The predicted molar refractivity (Wildman–Crippen MR) is 96.0 cm³/mol. The fourth-order valence-corrected chi connectivity index (χ4v) is 3.86. The van der Waals surface area contributed by atoms with E-state index in [0.29, 0.717) is 32.6 Å². The number of carbonyl (C=O) groups is 2. The van der Waals surface area contributed by atoms with E-state index < -0.39 is 5.60 Å². The highest BCUT2D eigenvalue weighted by atomic mass is 16.3. The quantitative estimate of drug-likeness (QED) is 0.888. The zero-order valence-corrected chi connectivity index (χ0v) is 14.8. The molecular formula is C20H28N2O3. The number of benzene rings is 1. The van der Waals surface area contributed by atoms with Gasteiger partial charge in [-0.05, 0) is 24.8 Å². The van der Waals surface area contributed by atoms with Gasteiger partial charge >= 0.3 is 0 Å². The van der Waals surface area contributed by atoms with Crippen molar-refractivity contribution in [2.45, 2.75) is 50.5 Å². The topological polar surface area (TPSA) is 60.9 Å². The molecule has 0 spiro atoms. The van der Waals surface area contributed by atoms with Crippen LogP contribution in [0.3, 0.4) is 0 Å². The fraction of sp³-hybridized carbons (Fsp3) is 0.600. The Kier molecular flexibility index (Phi) is 5.74. The van der Waals surface area contributed by atoms with Crippen molar-refractivity contribution >= 4 is 11.8 Å². The van der Waals surface area contributed by atoms with E-state index in [2.05, 4.69) is 0 Å². The van der Waals surface area contributed by atoms with Gasteiger partial charge < -0.3 is 14.9 Å². The lowest BCUT2D eigenvalue weighted by Crippen LogP contribution is -2.51. The molecule has 1 heterocycles. The zero-order chi connectivity index (χ0) is 17.7. The van der Waals surface area contributed by atoms with Crippen LogP contribution in [0.2, 0.25) is 0 Å². The van der Waals surface area contributed by atoms with Crippen LogP contribution in [-0.4, -0.2) is 58.5 Å². The summed E-state index contributed by atoms with van der Waals surface area (Å²) in [6.45, 7) is 2.34. The first-order valence-corrected chi connectivity index (χ1v) is 9.38. The highest BCUT2D eigenvalue weighted by Gasteiger charge is 2.35. The number of aryl methyl sites for hydroxylation is 1. The third-order valence-electron chi connectivity index (χ3n) is 5.47. The van der Waals surface area contributed by atoms with Gasteiger partial charge in [0.15, 0.2) is 0 Å². The number of nitrogens with zero attached hydrogens (tertiary/aromatic N) is 2. The predicted octanol–water partition coefficient (Wildman–Crippen LogP) is 1.99. The van der Waals surface area contributed by atoms with Gasteiger partial charge in [-0.25, -0.2) is 0 Å². The Hall–Kier alpha value is -1.88. The van der Waals surface area contributed by atoms with Crippen LogP contribution in [0.5, 0.6) is 0 Å². The molecule has 5 nitrogen and oxygen atoms in total. The van der Waals surface area contributed by atoms with Crippen molar-refractivity contribution in [1.82, 2.24) is 9.80 Å². The standard InChI is InChI=1S/C20H28N2O3/c23-18(9-8-17-6-2-1-3-7-17)21-12-14-22(15-13-21)19(24)16-20(25)10-4-5-11-20/h1-3,6-7,25H,4-5,8-16H2. The molecule has 3 rings (SSSR count). The molecule has 1 aliphatic heterocycles. The van der Waals surface area contributed by atoms with Gasteiger partial charge in [0, 0.05) is 32.6 Å². The molecular weight excluding hydrogens is 316 g/mol. The summed E-state index contributed by atoms with van der Waals surface area (Å²) in [4.78, 5) is 28.4. The minimum Gasteiger partial charge on any atom is -0.389 e. The molecule has 1 aromatic carbocycles. The molecule has 25 heavy (non-hydrogen) atoms. The van der Waals surface area contributed by atoms with Crippen molar-refractivity contribution in [1.29, 1.82) is 0 Å². The van der Waals surface area contributed by atoms with E-state index in [1.807, 2.05) is 35.2 Å². The van der Waals surface area contributed by atoms with Gasteiger partial charge in [0.25, 0.3) is 0 Å². The van der Waals surface area contributed by atoms with Crippen LogP contribution in [-0.2, 0) is 16.0 Å². The number of carbonyl (C=O) groups excluding carboxylic acids is 2. The van der Waals surface area contributed by atoms with Crippen molar-refractivity contribution in [3.05, 3.63) is 35.9 Å². The maximum absolute atomic E-state index is 12.4. The molecule has 1 N–H and O–H groups in total. The van der Waals surface area contributed by atoms with Crippen LogP contribution < -0.4 is 0 Å². The summed E-state index contributed by atoms with van der Waals surface area (Å²) in [5.41, 5.74) is 0.383. The number of piperazine rings is 1. The second kappa shape index (κ2) is 8.00. The molecule has 0 atom stereocenters. The second-order valence-electron chi connectivity index (χ2n) is 7.36. The first kappa shape index (κ1) is 17.9. The summed E-state index contributed by atoms with van der Waals surface area (Å²) in [6, 6.07) is 10.0. The summed E-state index contributed by atoms with van der Waals surface area (Å²) < 4.78 is 0. The number of amides is 2. The maximum Gasteiger partial charge on any atom is 0.225 e. The normalized spacial score (nSPS) is 19.9. The van der Waals surface area contributed by atoms with Crippen LogP contribution >= 0.6 is 0 Å². The summed E-state index contributed by atoms with van der Waals surface area (Å²) >= 11 is 0. The molecule has 5 heteroatoms. The Labute approximate surface area is 149 Å². The number of aliphatic hydroxyl groups is 1. The number of hydrogen-bond donors (Lipinski definition) is 1. The second-order valence-corrected chi connectivity index (χ2v) is 7.36. The van der Waals surface area contributed by atoms with Gasteiger partial charge in [0.1, 0.15) is 0 Å². The maximum atomic E-state index is 12.4. The van der Waals surface area contributed by atoms with Crippen molar-refractivity contribution in [2.24, 2.45) is 0 Å². The van der Waals surface area contributed by atoms with Crippen molar-refractivity contribution < 1.29 is 14.7 Å². The average Bonchev–Trinajstić information content (AvgIpc) is 3.06. The minimum atomic E-state index is -0.792. The van der Waals surface area contributed by atoms with E-state index in [0.717, 1.165) is 32.1 Å². The lowest BCUT2D eigenvalue weighted by atomic mass is 9.97. The Morgan fingerprint density at radius 2 is 1.48 bits per heavy atom. The molecule has 1 aromatic rings. The Morgan fingerprint density at radius 3 is 2.08 bits per heavy atom. The van der Waals surface area contributed by atoms with Gasteiger partial charge in [-0.1, -0.05) is 43.2 Å². The number of rotatable bonds is 5. The molecule has 0 aromatic heterocycles.